The zero-order valence-electron chi connectivity index (χ0n) is 14.5. The van der Waals surface area contributed by atoms with Gasteiger partial charge >= 0.3 is 7.12 Å². The molecule has 144 valence electrons. The number of hydrogen-bond acceptors (Lipinski definition) is 7. The van der Waals surface area contributed by atoms with E-state index in [4.69, 9.17) is 10.4 Å². The normalized spacial score (nSPS) is 14.2. The Balaban J connectivity index is 1.92. The van der Waals surface area contributed by atoms with Gasteiger partial charge in [-0.15, -0.1) is 0 Å². The molecule has 1 aliphatic rings. The molecule has 0 aromatic heterocycles. The molecule has 0 fully saturated rings. The second-order valence-electron chi connectivity index (χ2n) is 6.43. The maximum absolute atomic E-state index is 12.8. The Hall–Kier alpha value is -2.08. The molecule has 3 rings (SSSR count). The highest BCUT2D eigenvalue weighted by molar-refractivity contribution is 7.92. The van der Waals surface area contributed by atoms with Crippen LogP contribution in [0.15, 0.2) is 41.3 Å². The van der Waals surface area contributed by atoms with Crippen molar-refractivity contribution in [1.29, 1.82) is 0 Å². The molecule has 0 aliphatic carbocycles. The van der Waals surface area contributed by atoms with Crippen molar-refractivity contribution in [2.24, 2.45) is 0 Å². The van der Waals surface area contributed by atoms with Gasteiger partial charge in [0.15, 0.2) is 0 Å². The zero-order chi connectivity index (χ0) is 19.8. The topological polar surface area (TPSA) is 136 Å². The van der Waals surface area contributed by atoms with Crippen molar-refractivity contribution in [3.8, 4) is 0 Å². The lowest BCUT2D eigenvalue weighted by molar-refractivity contribution is 0.275. The fourth-order valence-electron chi connectivity index (χ4n) is 2.84. The van der Waals surface area contributed by atoms with Gasteiger partial charge < -0.3 is 15.4 Å². The third kappa shape index (κ3) is 4.61. The number of nitrogen functional groups attached to an aromatic ring is 1. The number of nitrogens with one attached hydrogen (secondary N) is 1. The van der Waals surface area contributed by atoms with Crippen LogP contribution in [0.2, 0.25) is 0 Å². The molecule has 1 aliphatic heterocycles. The van der Waals surface area contributed by atoms with E-state index in [0.29, 0.717) is 16.7 Å². The zero-order valence-corrected chi connectivity index (χ0v) is 16.2. The molecule has 0 saturated carbocycles. The molecule has 0 unspecified atom stereocenters. The molecule has 0 bridgehead atoms. The summed E-state index contributed by atoms with van der Waals surface area (Å²) in [6.07, 6.45) is 1.11. The van der Waals surface area contributed by atoms with Crippen LogP contribution in [0.4, 0.5) is 11.4 Å². The highest BCUT2D eigenvalue weighted by atomic mass is 32.2. The van der Waals surface area contributed by atoms with Gasteiger partial charge in [-0.2, -0.15) is 0 Å². The van der Waals surface area contributed by atoms with Crippen LogP contribution in [-0.4, -0.2) is 41.0 Å². The van der Waals surface area contributed by atoms with E-state index in [0.717, 1.165) is 11.8 Å². The molecule has 0 atom stereocenters. The molecule has 0 saturated heterocycles. The number of anilines is 2. The van der Waals surface area contributed by atoms with Crippen molar-refractivity contribution in [3.63, 3.8) is 0 Å². The molecule has 4 N–H and O–H groups in total. The summed E-state index contributed by atoms with van der Waals surface area (Å²) in [6.45, 7) is 0.261. The first kappa shape index (κ1) is 19.7. The van der Waals surface area contributed by atoms with Gasteiger partial charge in [-0.05, 0) is 53.3 Å². The molecular weight excluding hydrogens is 391 g/mol. The molecular formula is C16H19BN2O6S2. The second kappa shape index (κ2) is 7.15. The second-order valence-corrected chi connectivity index (χ2v) is 10.3. The van der Waals surface area contributed by atoms with E-state index in [2.05, 4.69) is 4.72 Å². The van der Waals surface area contributed by atoms with Crippen LogP contribution in [0.25, 0.3) is 0 Å². The van der Waals surface area contributed by atoms with Crippen LogP contribution in [0.3, 0.4) is 0 Å². The van der Waals surface area contributed by atoms with E-state index >= 15 is 0 Å². The Labute approximate surface area is 158 Å². The van der Waals surface area contributed by atoms with Gasteiger partial charge in [0.25, 0.3) is 10.0 Å². The Morgan fingerprint density at radius 2 is 1.93 bits per heavy atom. The summed E-state index contributed by atoms with van der Waals surface area (Å²) in [5, 5.41) is 9.77. The van der Waals surface area contributed by atoms with Gasteiger partial charge in [0.1, 0.15) is 9.84 Å². The van der Waals surface area contributed by atoms with Crippen LogP contribution in [0.5, 0.6) is 0 Å². The Morgan fingerprint density at radius 3 is 2.63 bits per heavy atom. The number of sulfonamides is 1. The third-order valence-electron chi connectivity index (χ3n) is 4.18. The van der Waals surface area contributed by atoms with Gasteiger partial charge in [0.2, 0.25) is 0 Å². The van der Waals surface area contributed by atoms with Crippen molar-refractivity contribution in [3.05, 3.63) is 47.5 Å². The molecule has 11 heteroatoms. The number of aryl methyl sites for hydroxylation is 1. The predicted molar refractivity (Wildman–Crippen MR) is 104 cm³/mol. The van der Waals surface area contributed by atoms with Crippen LogP contribution >= 0.6 is 0 Å². The number of fused-ring (bicyclic) bond motifs is 1. The van der Waals surface area contributed by atoms with Crippen molar-refractivity contribution in [2.75, 3.05) is 22.5 Å². The quantitative estimate of drug-likeness (QED) is 0.446. The van der Waals surface area contributed by atoms with E-state index in [9.17, 15) is 21.9 Å². The molecule has 2 aromatic rings. The standard InChI is InChI=1S/C16H19BN2O6S2/c1-26(21,22)7-6-11-8-13(18)3-5-16(11)27(23,24)19-14-4-2-12-10-25-17(20)15(12)9-14/h2-5,8-9,19-20H,6-7,10,18H2,1H3. The minimum atomic E-state index is -3.99. The third-order valence-corrected chi connectivity index (χ3v) is 6.60. The molecule has 8 nitrogen and oxygen atoms in total. The highest BCUT2D eigenvalue weighted by Gasteiger charge is 2.28. The first-order chi connectivity index (χ1) is 12.5. The number of nitrogens with two attached hydrogens (primary N) is 1. The maximum Gasteiger partial charge on any atom is 0.491 e. The lowest BCUT2D eigenvalue weighted by Crippen LogP contribution is -2.28. The highest BCUT2D eigenvalue weighted by Crippen LogP contribution is 2.23. The van der Waals surface area contributed by atoms with Gasteiger partial charge in [0.05, 0.1) is 17.3 Å². The maximum atomic E-state index is 12.8. The van der Waals surface area contributed by atoms with Crippen molar-refractivity contribution < 1.29 is 26.5 Å². The average Bonchev–Trinajstić information content (AvgIpc) is 2.92. The summed E-state index contributed by atoms with van der Waals surface area (Å²) in [5.41, 5.74) is 7.95. The van der Waals surface area contributed by atoms with Gasteiger partial charge in [0, 0.05) is 17.6 Å². The van der Waals surface area contributed by atoms with E-state index in [-0.39, 0.29) is 29.4 Å². The minimum absolute atomic E-state index is 0.0247. The molecule has 27 heavy (non-hydrogen) atoms. The monoisotopic (exact) mass is 410 g/mol. The first-order valence-corrected chi connectivity index (χ1v) is 11.6. The van der Waals surface area contributed by atoms with Crippen LogP contribution < -0.4 is 15.9 Å². The summed E-state index contributed by atoms with van der Waals surface area (Å²) in [7, 11) is -8.34. The predicted octanol–water partition coefficient (Wildman–Crippen LogP) is -0.126. The van der Waals surface area contributed by atoms with Crippen molar-refractivity contribution in [1.82, 2.24) is 0 Å². The Morgan fingerprint density at radius 1 is 1.19 bits per heavy atom. The summed E-state index contributed by atoms with van der Waals surface area (Å²) >= 11 is 0. The number of sulfone groups is 1. The molecule has 1 heterocycles. The van der Waals surface area contributed by atoms with Crippen molar-refractivity contribution in [2.45, 2.75) is 17.9 Å². The Bertz CT molecular complexity index is 1090. The van der Waals surface area contributed by atoms with E-state index in [1.165, 1.54) is 24.3 Å². The number of rotatable bonds is 6. The smallest absolute Gasteiger partial charge is 0.423 e. The van der Waals surface area contributed by atoms with Crippen molar-refractivity contribution >= 4 is 43.8 Å². The SMILES string of the molecule is CS(=O)(=O)CCc1cc(N)ccc1S(=O)(=O)Nc1ccc2c(c1)B(O)OC2. The number of hydrogen-bond donors (Lipinski definition) is 3. The minimum Gasteiger partial charge on any atom is -0.423 e. The fraction of sp³-hybridized carbons (Fsp3) is 0.250. The molecule has 0 amide bonds. The van der Waals surface area contributed by atoms with E-state index in [1.54, 1.807) is 12.1 Å². The summed E-state index contributed by atoms with van der Waals surface area (Å²) in [4.78, 5) is -0.0438. The summed E-state index contributed by atoms with van der Waals surface area (Å²) in [5.74, 6) is -0.193. The van der Waals surface area contributed by atoms with E-state index in [1.807, 2.05) is 0 Å². The summed E-state index contributed by atoms with van der Waals surface area (Å²) < 4.78 is 56.1. The van der Waals surface area contributed by atoms with Gasteiger partial charge in [-0.1, -0.05) is 6.07 Å². The van der Waals surface area contributed by atoms with Crippen LogP contribution in [0.1, 0.15) is 11.1 Å². The Kier molecular flexibility index (Phi) is 5.21. The molecule has 0 spiro atoms. The number of benzene rings is 2. The van der Waals surface area contributed by atoms with Crippen LogP contribution in [-0.2, 0) is 37.5 Å². The van der Waals surface area contributed by atoms with E-state index < -0.39 is 27.0 Å². The first-order valence-electron chi connectivity index (χ1n) is 8.06. The van der Waals surface area contributed by atoms with Gasteiger partial charge in [-0.3, -0.25) is 4.72 Å². The largest absolute Gasteiger partial charge is 0.491 e. The lowest BCUT2D eigenvalue weighted by Gasteiger charge is -2.14. The summed E-state index contributed by atoms with van der Waals surface area (Å²) in [6, 6.07) is 9.01. The van der Waals surface area contributed by atoms with Gasteiger partial charge in [-0.25, -0.2) is 16.8 Å². The average molecular weight is 410 g/mol. The molecule has 0 radical (unpaired) electrons. The van der Waals surface area contributed by atoms with Crippen LogP contribution in [0, 0.1) is 0 Å². The lowest BCUT2D eigenvalue weighted by atomic mass is 9.79. The molecule has 2 aromatic carbocycles. The fourth-order valence-corrected chi connectivity index (χ4v) is 4.73.